The number of hydrogen-bond donors (Lipinski definition) is 0. The number of rotatable bonds is 6. The number of sulfonamides is 1. The lowest BCUT2D eigenvalue weighted by Crippen LogP contribution is -2.49. The lowest BCUT2D eigenvalue weighted by atomic mass is 9.96. The first-order chi connectivity index (χ1) is 13.7. The van der Waals surface area contributed by atoms with Gasteiger partial charge in [0.05, 0.1) is 5.75 Å². The van der Waals surface area contributed by atoms with Gasteiger partial charge in [-0.15, -0.1) is 0 Å². The Morgan fingerprint density at radius 3 is 2.31 bits per heavy atom. The first-order valence-corrected chi connectivity index (χ1v) is 12.0. The largest absolute Gasteiger partial charge is 0.354 e. The molecule has 3 rings (SSSR count). The molecule has 29 heavy (non-hydrogen) atoms. The molecule has 0 aliphatic carbocycles. The van der Waals surface area contributed by atoms with Crippen LogP contribution in [-0.2, 0) is 22.9 Å². The lowest BCUT2D eigenvalue weighted by Gasteiger charge is -2.36. The van der Waals surface area contributed by atoms with E-state index in [4.69, 9.17) is 9.97 Å². The van der Waals surface area contributed by atoms with E-state index >= 15 is 0 Å². The van der Waals surface area contributed by atoms with Crippen molar-refractivity contribution < 1.29 is 8.42 Å². The predicted molar refractivity (Wildman–Crippen MR) is 118 cm³/mol. The van der Waals surface area contributed by atoms with Crippen LogP contribution in [0.25, 0.3) is 0 Å². The molecule has 1 aromatic heterocycles. The van der Waals surface area contributed by atoms with Crippen molar-refractivity contribution in [3.05, 3.63) is 52.0 Å². The number of aromatic nitrogens is 2. The first kappa shape index (κ1) is 21.7. The van der Waals surface area contributed by atoms with Crippen molar-refractivity contribution in [2.24, 2.45) is 0 Å². The van der Waals surface area contributed by atoms with E-state index < -0.39 is 10.0 Å². The molecule has 2 heterocycles. The molecule has 1 aromatic carbocycles. The minimum absolute atomic E-state index is 0.150. The zero-order valence-electron chi connectivity index (χ0n) is 18.2. The van der Waals surface area contributed by atoms with Crippen molar-refractivity contribution in [2.75, 3.05) is 36.8 Å². The summed E-state index contributed by atoms with van der Waals surface area (Å²) in [4.78, 5) is 11.8. The van der Waals surface area contributed by atoms with Crippen molar-refractivity contribution in [3.63, 3.8) is 0 Å². The topological polar surface area (TPSA) is 66.4 Å². The van der Waals surface area contributed by atoms with E-state index in [-0.39, 0.29) is 5.75 Å². The molecule has 0 saturated carbocycles. The number of nitrogens with zero attached hydrogens (tertiary/aromatic N) is 4. The van der Waals surface area contributed by atoms with Gasteiger partial charge in [-0.2, -0.15) is 4.31 Å². The fourth-order valence-corrected chi connectivity index (χ4v) is 5.00. The molecule has 6 nitrogen and oxygen atoms in total. The molecule has 0 unspecified atom stereocenters. The van der Waals surface area contributed by atoms with Crippen LogP contribution in [0.3, 0.4) is 0 Å². The molecular weight excluding hydrogens is 384 g/mol. The van der Waals surface area contributed by atoms with Gasteiger partial charge in [0.15, 0.2) is 0 Å². The average molecular weight is 417 g/mol. The van der Waals surface area contributed by atoms with Crippen molar-refractivity contribution in [3.8, 4) is 0 Å². The van der Waals surface area contributed by atoms with E-state index in [0.29, 0.717) is 26.2 Å². The van der Waals surface area contributed by atoms with Gasteiger partial charge in [-0.1, -0.05) is 30.7 Å². The van der Waals surface area contributed by atoms with Gasteiger partial charge in [0.1, 0.15) is 11.6 Å². The van der Waals surface area contributed by atoms with Gasteiger partial charge >= 0.3 is 0 Å². The highest BCUT2D eigenvalue weighted by atomic mass is 32.2. The Kier molecular flexibility index (Phi) is 6.58. The summed E-state index contributed by atoms with van der Waals surface area (Å²) in [6.45, 7) is 12.3. The third kappa shape index (κ3) is 4.78. The number of aryl methyl sites for hydroxylation is 4. The maximum absolute atomic E-state index is 12.2. The molecule has 1 saturated heterocycles. The monoisotopic (exact) mass is 416 g/mol. The summed E-state index contributed by atoms with van der Waals surface area (Å²) in [5.74, 6) is 1.88. The fourth-order valence-electron chi connectivity index (χ4n) is 3.91. The second-order valence-corrected chi connectivity index (χ2v) is 10.0. The van der Waals surface area contributed by atoms with Gasteiger partial charge in [-0.25, -0.2) is 18.4 Å². The molecule has 158 valence electrons. The molecule has 0 radical (unpaired) electrons. The number of anilines is 1. The molecular formula is C22H32N4O2S. The molecule has 2 aromatic rings. The summed E-state index contributed by atoms with van der Waals surface area (Å²) in [7, 11) is -3.14. The Balaban J connectivity index is 1.95. The summed E-state index contributed by atoms with van der Waals surface area (Å²) in [6, 6.07) is 6.54. The van der Waals surface area contributed by atoms with Crippen LogP contribution >= 0.6 is 0 Å². The second-order valence-electron chi connectivity index (χ2n) is 7.77. The third-order valence-electron chi connectivity index (χ3n) is 5.69. The summed E-state index contributed by atoms with van der Waals surface area (Å²) < 4.78 is 26.0. The van der Waals surface area contributed by atoms with Gasteiger partial charge in [0.25, 0.3) is 0 Å². The highest BCUT2D eigenvalue weighted by Gasteiger charge is 2.28. The van der Waals surface area contributed by atoms with Crippen molar-refractivity contribution in [2.45, 2.75) is 47.5 Å². The maximum Gasteiger partial charge on any atom is 0.213 e. The molecule has 0 N–H and O–H groups in total. The molecule has 1 fully saturated rings. The molecule has 0 spiro atoms. The molecule has 0 bridgehead atoms. The van der Waals surface area contributed by atoms with Crippen LogP contribution in [0.2, 0.25) is 0 Å². The molecule has 0 atom stereocenters. The van der Waals surface area contributed by atoms with Gasteiger partial charge in [-0.05, 0) is 45.2 Å². The summed E-state index contributed by atoms with van der Waals surface area (Å²) in [5.41, 5.74) is 6.05. The van der Waals surface area contributed by atoms with Gasteiger partial charge < -0.3 is 4.90 Å². The first-order valence-electron chi connectivity index (χ1n) is 10.4. The Morgan fingerprint density at radius 1 is 1.00 bits per heavy atom. The van der Waals surface area contributed by atoms with E-state index in [0.717, 1.165) is 30.2 Å². The minimum Gasteiger partial charge on any atom is -0.354 e. The predicted octanol–water partition coefficient (Wildman–Crippen LogP) is 3.03. The number of hydrogen-bond acceptors (Lipinski definition) is 5. The normalized spacial score (nSPS) is 15.7. The van der Waals surface area contributed by atoms with E-state index in [2.05, 4.69) is 43.9 Å². The van der Waals surface area contributed by atoms with Gasteiger partial charge in [0, 0.05) is 43.9 Å². The number of piperazine rings is 1. The van der Waals surface area contributed by atoms with E-state index in [9.17, 15) is 8.42 Å². The van der Waals surface area contributed by atoms with Gasteiger partial charge in [0.2, 0.25) is 10.0 Å². The van der Waals surface area contributed by atoms with Crippen LogP contribution in [-0.4, -0.2) is 54.6 Å². The summed E-state index contributed by atoms with van der Waals surface area (Å²) in [5, 5.41) is 0. The SMILES string of the molecule is CCc1nc(C)nc(N2CCN(S(=O)(=O)CC)CC2)c1Cc1cc(C)ccc1C. The summed E-state index contributed by atoms with van der Waals surface area (Å²) >= 11 is 0. The number of benzene rings is 1. The Bertz CT molecular complexity index is 981. The maximum atomic E-state index is 12.2. The minimum atomic E-state index is -3.14. The van der Waals surface area contributed by atoms with E-state index in [1.807, 2.05) is 6.92 Å². The van der Waals surface area contributed by atoms with Crippen LogP contribution in [0.5, 0.6) is 0 Å². The van der Waals surface area contributed by atoms with Gasteiger partial charge in [-0.3, -0.25) is 0 Å². The van der Waals surface area contributed by atoms with Crippen LogP contribution in [0, 0.1) is 20.8 Å². The molecule has 7 heteroatoms. The third-order valence-corrected chi connectivity index (χ3v) is 7.57. The Labute approximate surface area is 175 Å². The highest BCUT2D eigenvalue weighted by molar-refractivity contribution is 7.89. The molecule has 1 aliphatic heterocycles. The Morgan fingerprint density at radius 2 is 1.69 bits per heavy atom. The highest BCUT2D eigenvalue weighted by Crippen LogP contribution is 2.27. The standard InChI is InChI=1S/C22H32N4O2S/c1-6-21-20(15-19-14-16(3)8-9-17(19)4)22(24-18(5)23-21)25-10-12-26(13-11-25)29(27,28)7-2/h8-9,14H,6-7,10-13,15H2,1-5H3. The van der Waals surface area contributed by atoms with Crippen molar-refractivity contribution in [1.82, 2.24) is 14.3 Å². The molecule has 0 amide bonds. The van der Waals surface area contributed by atoms with Crippen LogP contribution in [0.4, 0.5) is 5.82 Å². The average Bonchev–Trinajstić information content (AvgIpc) is 2.71. The van der Waals surface area contributed by atoms with Crippen molar-refractivity contribution in [1.29, 1.82) is 0 Å². The van der Waals surface area contributed by atoms with E-state index in [1.54, 1.807) is 11.2 Å². The van der Waals surface area contributed by atoms with E-state index in [1.165, 1.54) is 22.3 Å². The zero-order valence-corrected chi connectivity index (χ0v) is 19.0. The van der Waals surface area contributed by atoms with Crippen molar-refractivity contribution >= 4 is 15.8 Å². The van der Waals surface area contributed by atoms with Crippen LogP contribution in [0.15, 0.2) is 18.2 Å². The quantitative estimate of drug-likeness (QED) is 0.724. The van der Waals surface area contributed by atoms with Crippen LogP contribution < -0.4 is 4.90 Å². The fraction of sp³-hybridized carbons (Fsp3) is 0.545. The second kappa shape index (κ2) is 8.79. The summed E-state index contributed by atoms with van der Waals surface area (Å²) in [6.07, 6.45) is 1.64. The van der Waals surface area contributed by atoms with Crippen LogP contribution in [0.1, 0.15) is 47.6 Å². The lowest BCUT2D eigenvalue weighted by molar-refractivity contribution is 0.384. The molecule has 1 aliphatic rings. The smallest absolute Gasteiger partial charge is 0.213 e. The zero-order chi connectivity index (χ0) is 21.2. The Hall–Kier alpha value is -1.99.